The number of nitriles is 1. The normalized spacial score (nSPS) is 14.0. The van der Waals surface area contributed by atoms with Crippen molar-refractivity contribution in [2.24, 2.45) is 5.92 Å². The summed E-state index contributed by atoms with van der Waals surface area (Å²) in [4.78, 5) is 32.7. The van der Waals surface area contributed by atoms with Crippen LogP contribution in [0.4, 0.5) is 5.13 Å². The first-order chi connectivity index (χ1) is 16.9. The zero-order valence-corrected chi connectivity index (χ0v) is 21.2. The van der Waals surface area contributed by atoms with Gasteiger partial charge in [-0.3, -0.25) is 14.9 Å². The van der Waals surface area contributed by atoms with Crippen molar-refractivity contribution in [1.29, 1.82) is 5.26 Å². The first kappa shape index (κ1) is 25.3. The smallest absolute Gasteiger partial charge is 0.275 e. The van der Waals surface area contributed by atoms with Gasteiger partial charge in [0.05, 0.1) is 27.4 Å². The molecule has 3 aromatic rings. The number of aromatic nitrogens is 2. The van der Waals surface area contributed by atoms with Gasteiger partial charge in [-0.15, -0.1) is 0 Å². The van der Waals surface area contributed by atoms with Crippen LogP contribution in [-0.4, -0.2) is 48.1 Å². The second kappa shape index (κ2) is 11.3. The van der Waals surface area contributed by atoms with Gasteiger partial charge in [-0.05, 0) is 44.2 Å². The fourth-order valence-corrected chi connectivity index (χ4v) is 5.11. The molecule has 3 N–H and O–H groups in total. The number of aromatic amines is 1. The summed E-state index contributed by atoms with van der Waals surface area (Å²) in [6.07, 6.45) is 2.84. The molecular weight excluding hydrogens is 513 g/mol. The maximum Gasteiger partial charge on any atom is 0.275 e. The molecule has 0 atom stereocenters. The number of thiazole rings is 1. The maximum atomic E-state index is 12.7. The lowest BCUT2D eigenvalue weighted by molar-refractivity contribution is 0.0594. The number of carbonyl (C=O) groups excluding carboxylic acids is 2. The minimum Gasteiger partial charge on any atom is -0.491 e. The van der Waals surface area contributed by atoms with Crippen molar-refractivity contribution in [2.75, 3.05) is 31.7 Å². The fraction of sp³-hybridized carbons (Fsp3) is 0.391. The van der Waals surface area contributed by atoms with Crippen molar-refractivity contribution in [2.45, 2.75) is 26.2 Å². The summed E-state index contributed by atoms with van der Waals surface area (Å²) in [5.74, 6) is 0.0701. The molecule has 0 saturated carbocycles. The maximum absolute atomic E-state index is 12.7. The molecule has 0 unspecified atom stereocenters. The van der Waals surface area contributed by atoms with Gasteiger partial charge in [0.2, 0.25) is 0 Å². The van der Waals surface area contributed by atoms with E-state index in [1.54, 1.807) is 19.1 Å². The summed E-state index contributed by atoms with van der Waals surface area (Å²) in [6, 6.07) is 5.15. The number of halogens is 2. The molecule has 3 heterocycles. The van der Waals surface area contributed by atoms with Crippen LogP contribution in [0.5, 0.6) is 5.75 Å². The average molecular weight is 536 g/mol. The summed E-state index contributed by atoms with van der Waals surface area (Å²) in [6.45, 7) is 3.58. The molecule has 2 amide bonds. The summed E-state index contributed by atoms with van der Waals surface area (Å²) < 4.78 is 12.1. The standard InChI is InChI=1S/C23H23Cl2N5O4S/c1-12-17(24)18(25)20(28-12)22(32)30-23-29-19-15(34-9-4-13-2-7-33-8-3-13)10-14(11-16(19)35-23)21(31)27-6-5-26/h10-11,13,28H,2-4,6-9H2,1H3,(H,27,31)(H,29,30,32). The van der Waals surface area contributed by atoms with Crippen LogP contribution < -0.4 is 15.4 Å². The highest BCUT2D eigenvalue weighted by Crippen LogP contribution is 2.35. The number of H-pyrrole nitrogens is 1. The van der Waals surface area contributed by atoms with Crippen LogP contribution in [0.2, 0.25) is 10.0 Å². The molecule has 4 rings (SSSR count). The van der Waals surface area contributed by atoms with Crippen LogP contribution in [-0.2, 0) is 4.74 Å². The van der Waals surface area contributed by atoms with Crippen LogP contribution in [0, 0.1) is 24.2 Å². The number of anilines is 1. The molecular formula is C23H23Cl2N5O4S. The molecule has 184 valence electrons. The van der Waals surface area contributed by atoms with Crippen LogP contribution in [0.3, 0.4) is 0 Å². The number of hydrogen-bond acceptors (Lipinski definition) is 7. The lowest BCUT2D eigenvalue weighted by Gasteiger charge is -2.21. The zero-order chi connectivity index (χ0) is 24.9. The van der Waals surface area contributed by atoms with E-state index in [1.807, 2.05) is 6.07 Å². The van der Waals surface area contributed by atoms with Crippen LogP contribution in [0.25, 0.3) is 10.2 Å². The molecule has 1 aromatic carbocycles. The second-order valence-corrected chi connectivity index (χ2v) is 9.87. The quantitative estimate of drug-likeness (QED) is 0.350. The number of benzene rings is 1. The van der Waals surface area contributed by atoms with Crippen molar-refractivity contribution in [1.82, 2.24) is 15.3 Å². The Kier molecular flexibility index (Phi) is 8.13. The lowest BCUT2D eigenvalue weighted by Crippen LogP contribution is -2.23. The average Bonchev–Trinajstić information content (AvgIpc) is 3.38. The largest absolute Gasteiger partial charge is 0.491 e. The Hall–Kier alpha value is -2.84. The van der Waals surface area contributed by atoms with Crippen molar-refractivity contribution in [3.05, 3.63) is 39.1 Å². The molecule has 2 aromatic heterocycles. The Labute approximate surface area is 215 Å². The summed E-state index contributed by atoms with van der Waals surface area (Å²) in [7, 11) is 0. The molecule has 1 aliphatic heterocycles. The number of amides is 2. The van der Waals surface area contributed by atoms with Crippen LogP contribution >= 0.6 is 34.5 Å². The number of fused-ring (bicyclic) bond motifs is 1. The van der Waals surface area contributed by atoms with E-state index in [2.05, 4.69) is 20.6 Å². The Bertz CT molecular complexity index is 1290. The molecule has 1 saturated heterocycles. The minimum atomic E-state index is -0.488. The third kappa shape index (κ3) is 5.87. The SMILES string of the molecule is Cc1[nH]c(C(=O)Nc2nc3c(OCCC4CCOCC4)cc(C(=O)NCC#N)cc3s2)c(Cl)c1Cl. The van der Waals surface area contributed by atoms with Crippen LogP contribution in [0.1, 0.15) is 45.8 Å². The number of carbonyl (C=O) groups is 2. The van der Waals surface area contributed by atoms with Crippen LogP contribution in [0.15, 0.2) is 12.1 Å². The van der Waals surface area contributed by atoms with Gasteiger partial charge in [0.1, 0.15) is 23.5 Å². The van der Waals surface area contributed by atoms with E-state index in [0.29, 0.717) is 44.9 Å². The highest BCUT2D eigenvalue weighted by Gasteiger charge is 2.21. The number of hydrogen-bond donors (Lipinski definition) is 3. The minimum absolute atomic E-state index is 0.111. The molecule has 0 bridgehead atoms. The monoisotopic (exact) mass is 535 g/mol. The molecule has 0 spiro atoms. The van der Waals surface area contributed by atoms with E-state index in [-0.39, 0.29) is 22.3 Å². The molecule has 35 heavy (non-hydrogen) atoms. The second-order valence-electron chi connectivity index (χ2n) is 8.08. The predicted molar refractivity (Wildman–Crippen MR) is 135 cm³/mol. The van der Waals surface area contributed by atoms with E-state index < -0.39 is 11.8 Å². The Morgan fingerprint density at radius 2 is 2.06 bits per heavy atom. The highest BCUT2D eigenvalue weighted by molar-refractivity contribution is 7.22. The number of aryl methyl sites for hydroxylation is 1. The molecule has 1 aliphatic rings. The van der Waals surface area contributed by atoms with Gasteiger partial charge in [0, 0.05) is 24.5 Å². The summed E-state index contributed by atoms with van der Waals surface area (Å²) >= 11 is 13.4. The van der Waals surface area contributed by atoms with Gasteiger partial charge >= 0.3 is 0 Å². The van der Waals surface area contributed by atoms with Gasteiger partial charge in [0.25, 0.3) is 11.8 Å². The summed E-state index contributed by atoms with van der Waals surface area (Å²) in [5.41, 5.74) is 1.59. The van der Waals surface area contributed by atoms with Crippen molar-refractivity contribution < 1.29 is 19.1 Å². The van der Waals surface area contributed by atoms with E-state index in [4.69, 9.17) is 37.9 Å². The van der Waals surface area contributed by atoms with Crippen molar-refractivity contribution >= 4 is 61.7 Å². The predicted octanol–water partition coefficient (Wildman–Crippen LogP) is 4.94. The fourth-order valence-electron chi connectivity index (χ4n) is 3.77. The van der Waals surface area contributed by atoms with Crippen molar-refractivity contribution in [3.63, 3.8) is 0 Å². The molecule has 9 nitrogen and oxygen atoms in total. The lowest BCUT2D eigenvalue weighted by atomic mass is 9.97. The van der Waals surface area contributed by atoms with E-state index in [0.717, 1.165) is 32.5 Å². The number of ether oxygens (including phenoxy) is 2. The van der Waals surface area contributed by atoms with Crippen molar-refractivity contribution in [3.8, 4) is 11.8 Å². The number of nitrogens with zero attached hydrogens (tertiary/aromatic N) is 2. The highest BCUT2D eigenvalue weighted by atomic mass is 35.5. The third-order valence-corrected chi connectivity index (χ3v) is 7.54. The van der Waals surface area contributed by atoms with Gasteiger partial charge in [-0.1, -0.05) is 34.5 Å². The topological polar surface area (TPSA) is 129 Å². The number of nitrogens with one attached hydrogen (secondary N) is 3. The first-order valence-corrected chi connectivity index (χ1v) is 12.6. The third-order valence-electron chi connectivity index (χ3n) is 5.68. The molecule has 1 fully saturated rings. The number of rotatable bonds is 8. The Balaban J connectivity index is 1.58. The zero-order valence-electron chi connectivity index (χ0n) is 18.9. The van der Waals surface area contributed by atoms with E-state index >= 15 is 0 Å². The van der Waals surface area contributed by atoms with Gasteiger partial charge < -0.3 is 19.8 Å². The molecule has 0 radical (unpaired) electrons. The Morgan fingerprint density at radius 1 is 1.29 bits per heavy atom. The van der Waals surface area contributed by atoms with Gasteiger partial charge in [0.15, 0.2) is 5.13 Å². The van der Waals surface area contributed by atoms with Gasteiger partial charge in [-0.2, -0.15) is 5.26 Å². The van der Waals surface area contributed by atoms with E-state index in [9.17, 15) is 9.59 Å². The molecule has 0 aliphatic carbocycles. The Morgan fingerprint density at radius 3 is 2.74 bits per heavy atom. The first-order valence-electron chi connectivity index (χ1n) is 11.0. The molecule has 12 heteroatoms. The summed E-state index contributed by atoms with van der Waals surface area (Å²) in [5, 5.41) is 14.8. The van der Waals surface area contributed by atoms with Gasteiger partial charge in [-0.25, -0.2) is 4.98 Å². The van der Waals surface area contributed by atoms with E-state index in [1.165, 1.54) is 11.3 Å².